The van der Waals surface area contributed by atoms with E-state index in [0.717, 1.165) is 25.7 Å². The molecule has 0 fully saturated rings. The van der Waals surface area contributed by atoms with Crippen molar-refractivity contribution in [3.8, 4) is 0 Å². The molecule has 5 heteroatoms. The van der Waals surface area contributed by atoms with Crippen LogP contribution in [-0.2, 0) is 10.1 Å². The maximum atomic E-state index is 11.0. The van der Waals surface area contributed by atoms with Crippen LogP contribution in [0.1, 0.15) is 84.5 Å². The first kappa shape index (κ1) is 20.9. The van der Waals surface area contributed by atoms with Gasteiger partial charge in [-0.1, -0.05) is 52.4 Å². The molecule has 0 unspecified atom stereocenters. The molecule has 0 radical (unpaired) electrons. The van der Waals surface area contributed by atoms with Gasteiger partial charge in [-0.2, -0.15) is 0 Å². The van der Waals surface area contributed by atoms with Gasteiger partial charge in [-0.15, -0.1) is 0 Å². The van der Waals surface area contributed by atoms with Crippen molar-refractivity contribution in [2.45, 2.75) is 90.0 Å². The molecule has 0 aliphatic carbocycles. The Morgan fingerprint density at radius 2 is 1.33 bits per heavy atom. The Hall–Kier alpha value is -0.130. The largest absolute Gasteiger partial charge is 0.748 e. The Morgan fingerprint density at radius 3 is 1.67 bits per heavy atom. The first-order valence-electron chi connectivity index (χ1n) is 8.63. The van der Waals surface area contributed by atoms with Gasteiger partial charge in [-0.05, 0) is 12.8 Å². The number of nitrogens with two attached hydrogens (primary N) is 1. The van der Waals surface area contributed by atoms with E-state index in [0.29, 0.717) is 6.42 Å². The third-order valence-corrected chi connectivity index (χ3v) is 5.22. The van der Waals surface area contributed by atoms with Gasteiger partial charge in [0.15, 0.2) is 0 Å². The van der Waals surface area contributed by atoms with Crippen molar-refractivity contribution in [3.63, 3.8) is 0 Å². The first-order valence-corrected chi connectivity index (χ1v) is 10.2. The highest BCUT2D eigenvalue weighted by molar-refractivity contribution is 7.85. The summed E-state index contributed by atoms with van der Waals surface area (Å²) in [5.74, 6) is -0.223. The SMILES string of the molecule is CCCCCCC(CCCCCC)(CCS(=O)(=O)[O-])[NH2+]C. The van der Waals surface area contributed by atoms with Gasteiger partial charge in [0.2, 0.25) is 0 Å². The quantitative estimate of drug-likeness (QED) is 0.395. The predicted molar refractivity (Wildman–Crippen MR) is 87.3 cm³/mol. The van der Waals surface area contributed by atoms with E-state index in [2.05, 4.69) is 19.2 Å². The molecule has 0 atom stereocenters. The lowest BCUT2D eigenvalue weighted by Crippen LogP contribution is -2.93. The molecule has 128 valence electrons. The van der Waals surface area contributed by atoms with Crippen LogP contribution in [-0.4, -0.2) is 31.3 Å². The zero-order chi connectivity index (χ0) is 16.2. The predicted octanol–water partition coefficient (Wildman–Crippen LogP) is 2.79. The van der Waals surface area contributed by atoms with Gasteiger partial charge in [-0.3, -0.25) is 0 Å². The topological polar surface area (TPSA) is 73.8 Å². The van der Waals surface area contributed by atoms with E-state index in [1.165, 1.54) is 38.5 Å². The van der Waals surface area contributed by atoms with Crippen molar-refractivity contribution < 1.29 is 18.3 Å². The zero-order valence-corrected chi connectivity index (χ0v) is 15.0. The third kappa shape index (κ3) is 11.1. The third-order valence-electron chi connectivity index (χ3n) is 4.52. The van der Waals surface area contributed by atoms with Gasteiger partial charge in [0, 0.05) is 25.0 Å². The highest BCUT2D eigenvalue weighted by atomic mass is 32.2. The average Bonchev–Trinajstić information content (AvgIpc) is 2.44. The number of hydrogen-bond acceptors (Lipinski definition) is 3. The highest BCUT2D eigenvalue weighted by Crippen LogP contribution is 2.23. The molecule has 0 rings (SSSR count). The Kier molecular flexibility index (Phi) is 11.4. The van der Waals surface area contributed by atoms with Crippen molar-refractivity contribution in [1.29, 1.82) is 0 Å². The first-order chi connectivity index (χ1) is 9.89. The summed E-state index contributed by atoms with van der Waals surface area (Å²) >= 11 is 0. The van der Waals surface area contributed by atoms with Crippen LogP contribution in [0.15, 0.2) is 0 Å². The Bertz CT molecular complexity index is 329. The minimum absolute atomic E-state index is 0.0566. The van der Waals surface area contributed by atoms with Crippen LogP contribution in [0, 0.1) is 0 Å². The van der Waals surface area contributed by atoms with E-state index in [9.17, 15) is 13.0 Å². The average molecular weight is 322 g/mol. The monoisotopic (exact) mass is 321 g/mol. The lowest BCUT2D eigenvalue weighted by Gasteiger charge is -2.31. The summed E-state index contributed by atoms with van der Waals surface area (Å²) < 4.78 is 32.9. The van der Waals surface area contributed by atoms with Gasteiger partial charge in [0.1, 0.15) is 0 Å². The molecule has 0 aliphatic heterocycles. The van der Waals surface area contributed by atoms with Crippen molar-refractivity contribution in [1.82, 2.24) is 0 Å². The van der Waals surface area contributed by atoms with Gasteiger partial charge < -0.3 is 9.87 Å². The van der Waals surface area contributed by atoms with Crippen LogP contribution in [0.5, 0.6) is 0 Å². The Morgan fingerprint density at radius 1 is 0.857 bits per heavy atom. The van der Waals surface area contributed by atoms with E-state index in [1.807, 2.05) is 7.05 Å². The molecule has 0 bridgehead atoms. The fourth-order valence-electron chi connectivity index (χ4n) is 2.94. The van der Waals surface area contributed by atoms with Crippen molar-refractivity contribution in [3.05, 3.63) is 0 Å². The second kappa shape index (κ2) is 11.4. The summed E-state index contributed by atoms with van der Waals surface area (Å²) in [6.45, 7) is 4.38. The lowest BCUT2D eigenvalue weighted by atomic mass is 9.84. The van der Waals surface area contributed by atoms with Gasteiger partial charge >= 0.3 is 0 Å². The minimum Gasteiger partial charge on any atom is -0.748 e. The fraction of sp³-hybridized carbons (Fsp3) is 1.00. The number of rotatable bonds is 14. The molecular formula is C16H35NO3S. The van der Waals surface area contributed by atoms with Gasteiger partial charge in [-0.25, -0.2) is 8.42 Å². The van der Waals surface area contributed by atoms with Crippen LogP contribution in [0.25, 0.3) is 0 Å². The molecule has 0 amide bonds. The van der Waals surface area contributed by atoms with Crippen LogP contribution < -0.4 is 5.32 Å². The molecule has 0 aliphatic rings. The summed E-state index contributed by atoms with van der Waals surface area (Å²) in [5, 5.41) is 2.16. The van der Waals surface area contributed by atoms with E-state index >= 15 is 0 Å². The number of unbranched alkanes of at least 4 members (excludes halogenated alkanes) is 6. The van der Waals surface area contributed by atoms with Crippen molar-refractivity contribution in [2.24, 2.45) is 0 Å². The standard InChI is InChI=1S/C16H35NO3S/c1-4-6-8-10-12-16(17-3,13-11-9-7-5-2)14-15-21(18,19)20/h17H,4-15H2,1-3H3,(H,18,19,20). The van der Waals surface area contributed by atoms with Gasteiger partial charge in [0.25, 0.3) is 0 Å². The summed E-state index contributed by atoms with van der Waals surface area (Å²) in [6.07, 6.45) is 12.1. The van der Waals surface area contributed by atoms with E-state index in [-0.39, 0.29) is 11.3 Å². The molecule has 21 heavy (non-hydrogen) atoms. The molecule has 0 aromatic carbocycles. The Labute approximate surface area is 131 Å². The molecule has 0 spiro atoms. The summed E-state index contributed by atoms with van der Waals surface area (Å²) in [7, 11) is -2.08. The maximum Gasteiger partial charge on any atom is 0.0968 e. The van der Waals surface area contributed by atoms with E-state index in [4.69, 9.17) is 0 Å². The highest BCUT2D eigenvalue weighted by Gasteiger charge is 2.31. The molecule has 0 heterocycles. The van der Waals surface area contributed by atoms with Crippen LogP contribution in [0.3, 0.4) is 0 Å². The number of hydrogen-bond donors (Lipinski definition) is 1. The summed E-state index contributed by atoms with van der Waals surface area (Å²) in [5.41, 5.74) is -0.0566. The zero-order valence-electron chi connectivity index (χ0n) is 14.2. The molecule has 0 aromatic rings. The van der Waals surface area contributed by atoms with Crippen LogP contribution >= 0.6 is 0 Å². The van der Waals surface area contributed by atoms with Crippen molar-refractivity contribution >= 4 is 10.1 Å². The molecule has 2 N–H and O–H groups in total. The normalized spacial score (nSPS) is 12.8. The van der Waals surface area contributed by atoms with Crippen LogP contribution in [0.2, 0.25) is 0 Å². The van der Waals surface area contributed by atoms with Crippen LogP contribution in [0.4, 0.5) is 0 Å². The number of quaternary nitrogens is 1. The van der Waals surface area contributed by atoms with Gasteiger partial charge in [0.05, 0.1) is 22.7 Å². The molecular weight excluding hydrogens is 286 g/mol. The van der Waals surface area contributed by atoms with Crippen molar-refractivity contribution in [2.75, 3.05) is 12.8 Å². The Balaban J connectivity index is 4.50. The second-order valence-corrected chi connectivity index (χ2v) is 7.81. The molecule has 0 aromatic heterocycles. The fourth-order valence-corrected chi connectivity index (χ4v) is 3.60. The minimum atomic E-state index is -4.11. The smallest absolute Gasteiger partial charge is 0.0968 e. The lowest BCUT2D eigenvalue weighted by molar-refractivity contribution is -0.706. The molecule has 0 saturated heterocycles. The van der Waals surface area contributed by atoms with E-state index < -0.39 is 10.1 Å². The maximum absolute atomic E-state index is 11.0. The summed E-state index contributed by atoms with van der Waals surface area (Å²) in [6, 6.07) is 0. The molecule has 0 saturated carbocycles. The summed E-state index contributed by atoms with van der Waals surface area (Å²) in [4.78, 5) is 0. The molecule has 4 nitrogen and oxygen atoms in total. The second-order valence-electron chi connectivity index (χ2n) is 6.28. The van der Waals surface area contributed by atoms with E-state index in [1.54, 1.807) is 0 Å².